The summed E-state index contributed by atoms with van der Waals surface area (Å²) in [5.41, 5.74) is 0. The van der Waals surface area contributed by atoms with Crippen LogP contribution in [0.3, 0.4) is 0 Å². The monoisotopic (exact) mass is 208 g/mol. The summed E-state index contributed by atoms with van der Waals surface area (Å²) in [6, 6.07) is 0. The summed E-state index contributed by atoms with van der Waals surface area (Å²) >= 11 is 22.3. The summed E-state index contributed by atoms with van der Waals surface area (Å²) in [6.07, 6.45) is 0.515. The largest absolute Gasteiger partial charge is 0.125 e. The molecule has 56 valence electrons. The Morgan fingerprint density at radius 1 is 1.44 bits per heavy atom. The van der Waals surface area contributed by atoms with Crippen LogP contribution < -0.4 is 0 Å². The van der Waals surface area contributed by atoms with E-state index in [9.17, 15) is 0 Å². The van der Waals surface area contributed by atoms with Crippen LogP contribution >= 0.6 is 46.4 Å². The van der Waals surface area contributed by atoms with Crippen molar-refractivity contribution in [2.24, 2.45) is 0 Å². The Hall–Kier alpha value is 1.16. The van der Waals surface area contributed by atoms with Gasteiger partial charge in [0, 0.05) is 11.3 Å². The van der Waals surface area contributed by atoms with E-state index in [1.54, 1.807) is 6.92 Å². The zero-order valence-electron chi connectivity index (χ0n) is 5.00. The minimum Gasteiger partial charge on any atom is -0.125 e. The van der Waals surface area contributed by atoms with Crippen molar-refractivity contribution in [3.05, 3.63) is 0 Å². The van der Waals surface area contributed by atoms with Crippen LogP contribution in [0.1, 0.15) is 13.3 Å². The fourth-order valence-electron chi connectivity index (χ4n) is 0.443. The maximum Gasteiger partial charge on any atom is 0.117 e. The average molecular weight is 210 g/mol. The first-order chi connectivity index (χ1) is 3.95. The van der Waals surface area contributed by atoms with Crippen molar-refractivity contribution in [3.8, 4) is 0 Å². The molecule has 0 aliphatic heterocycles. The van der Waals surface area contributed by atoms with Crippen LogP contribution in [0.5, 0.6) is 0 Å². The predicted molar refractivity (Wildman–Crippen MR) is 45.1 cm³/mol. The van der Waals surface area contributed by atoms with E-state index in [4.69, 9.17) is 46.4 Å². The molecule has 0 rings (SSSR count). The summed E-state index contributed by atoms with van der Waals surface area (Å²) in [5, 5.41) is -0.133. The Balaban J connectivity index is 3.47. The molecule has 0 aromatic heterocycles. The zero-order chi connectivity index (χ0) is 7.49. The Bertz CT molecular complexity index is 75.5. The second kappa shape index (κ2) is 4.12. The second-order valence-electron chi connectivity index (χ2n) is 2.03. The summed E-state index contributed by atoms with van der Waals surface area (Å²) < 4.78 is -0.749. The quantitative estimate of drug-likeness (QED) is 0.626. The molecule has 0 saturated heterocycles. The first kappa shape index (κ1) is 10.2. The number of hydrogen-bond donors (Lipinski definition) is 0. The van der Waals surface area contributed by atoms with Crippen molar-refractivity contribution in [3.63, 3.8) is 0 Å². The molecule has 1 unspecified atom stereocenters. The molecule has 0 nitrogen and oxygen atoms in total. The van der Waals surface area contributed by atoms with E-state index in [-0.39, 0.29) is 5.38 Å². The van der Waals surface area contributed by atoms with Crippen molar-refractivity contribution < 1.29 is 0 Å². The van der Waals surface area contributed by atoms with Gasteiger partial charge in [0.2, 0.25) is 0 Å². The smallest absolute Gasteiger partial charge is 0.117 e. The van der Waals surface area contributed by atoms with Gasteiger partial charge in [-0.05, 0) is 13.3 Å². The SMILES string of the molecule is CC(Cl)(Cl)CC(Cl)CCl. The summed E-state index contributed by atoms with van der Waals surface area (Å²) in [5.74, 6) is 0.386. The number of rotatable bonds is 3. The first-order valence-electron chi connectivity index (χ1n) is 2.53. The molecule has 0 fully saturated rings. The molecule has 9 heavy (non-hydrogen) atoms. The lowest BCUT2D eigenvalue weighted by atomic mass is 10.2. The van der Waals surface area contributed by atoms with Gasteiger partial charge in [0.1, 0.15) is 4.33 Å². The van der Waals surface area contributed by atoms with Gasteiger partial charge in [-0.15, -0.1) is 46.4 Å². The molecule has 0 radical (unpaired) electrons. The van der Waals surface area contributed by atoms with Crippen molar-refractivity contribution in [2.75, 3.05) is 5.88 Å². The minimum absolute atomic E-state index is 0.133. The van der Waals surface area contributed by atoms with Gasteiger partial charge in [-0.1, -0.05) is 0 Å². The summed E-state index contributed by atoms with van der Waals surface area (Å²) in [4.78, 5) is 0. The molecule has 4 heteroatoms. The molecule has 0 aliphatic carbocycles. The van der Waals surface area contributed by atoms with Crippen molar-refractivity contribution >= 4 is 46.4 Å². The molecule has 0 N–H and O–H groups in total. The van der Waals surface area contributed by atoms with Crippen molar-refractivity contribution in [2.45, 2.75) is 23.1 Å². The van der Waals surface area contributed by atoms with Gasteiger partial charge in [-0.3, -0.25) is 0 Å². The Morgan fingerprint density at radius 2 is 1.89 bits per heavy atom. The van der Waals surface area contributed by atoms with Crippen LogP contribution in [-0.2, 0) is 0 Å². The lowest BCUT2D eigenvalue weighted by Gasteiger charge is -2.14. The summed E-state index contributed by atoms with van der Waals surface area (Å²) in [7, 11) is 0. The van der Waals surface area contributed by atoms with Gasteiger partial charge in [-0.25, -0.2) is 0 Å². The van der Waals surface area contributed by atoms with E-state index in [2.05, 4.69) is 0 Å². The number of alkyl halides is 4. The highest BCUT2D eigenvalue weighted by atomic mass is 35.5. The molecule has 0 aromatic rings. The Labute approximate surface area is 75.4 Å². The van der Waals surface area contributed by atoms with E-state index >= 15 is 0 Å². The molecule has 0 amide bonds. The van der Waals surface area contributed by atoms with Crippen molar-refractivity contribution in [1.82, 2.24) is 0 Å². The van der Waals surface area contributed by atoms with Gasteiger partial charge in [-0.2, -0.15) is 0 Å². The van der Waals surface area contributed by atoms with Crippen LogP contribution in [0.4, 0.5) is 0 Å². The van der Waals surface area contributed by atoms with Crippen LogP contribution in [0.25, 0.3) is 0 Å². The molecule has 1 atom stereocenters. The zero-order valence-corrected chi connectivity index (χ0v) is 8.03. The standard InChI is InChI=1S/C5H8Cl4/c1-5(8,9)2-4(7)3-6/h4H,2-3H2,1H3. The third kappa shape index (κ3) is 7.05. The fourth-order valence-corrected chi connectivity index (χ4v) is 1.39. The van der Waals surface area contributed by atoms with Crippen LogP contribution in [0.15, 0.2) is 0 Å². The highest BCUT2D eigenvalue weighted by Crippen LogP contribution is 2.27. The molecule has 0 spiro atoms. The van der Waals surface area contributed by atoms with Gasteiger partial charge in [0.25, 0.3) is 0 Å². The highest BCUT2D eigenvalue weighted by Gasteiger charge is 2.20. The molecule has 0 aromatic carbocycles. The molecule has 0 heterocycles. The Morgan fingerprint density at radius 3 is 2.00 bits per heavy atom. The summed E-state index contributed by atoms with van der Waals surface area (Å²) in [6.45, 7) is 1.69. The van der Waals surface area contributed by atoms with Gasteiger partial charge >= 0.3 is 0 Å². The van der Waals surface area contributed by atoms with E-state index in [1.165, 1.54) is 0 Å². The molecule has 0 saturated carbocycles. The first-order valence-corrected chi connectivity index (χ1v) is 4.26. The number of halogens is 4. The molecular weight excluding hydrogens is 202 g/mol. The van der Waals surface area contributed by atoms with E-state index in [1.807, 2.05) is 0 Å². The highest BCUT2D eigenvalue weighted by molar-refractivity contribution is 6.48. The Kier molecular flexibility index (Phi) is 4.66. The van der Waals surface area contributed by atoms with Gasteiger partial charge < -0.3 is 0 Å². The van der Waals surface area contributed by atoms with Crippen LogP contribution in [0, 0.1) is 0 Å². The average Bonchev–Trinajstić information content (AvgIpc) is 1.62. The number of hydrogen-bond acceptors (Lipinski definition) is 0. The van der Waals surface area contributed by atoms with Crippen molar-refractivity contribution in [1.29, 1.82) is 0 Å². The lowest BCUT2D eigenvalue weighted by molar-refractivity contribution is 0.738. The van der Waals surface area contributed by atoms with E-state index in [0.29, 0.717) is 12.3 Å². The molecule has 0 aliphatic rings. The molecular formula is C5H8Cl4. The van der Waals surface area contributed by atoms with E-state index < -0.39 is 4.33 Å². The lowest BCUT2D eigenvalue weighted by Crippen LogP contribution is -2.15. The topological polar surface area (TPSA) is 0 Å². The molecule has 0 bridgehead atoms. The predicted octanol–water partition coefficient (Wildman–Crippen LogP) is 3.42. The van der Waals surface area contributed by atoms with E-state index in [0.717, 1.165) is 0 Å². The maximum atomic E-state index is 5.65. The third-order valence-electron chi connectivity index (χ3n) is 0.747. The third-order valence-corrected chi connectivity index (χ3v) is 1.90. The van der Waals surface area contributed by atoms with Gasteiger partial charge in [0.15, 0.2) is 0 Å². The second-order valence-corrected chi connectivity index (χ2v) is 4.81. The van der Waals surface area contributed by atoms with Crippen LogP contribution in [0.2, 0.25) is 0 Å². The maximum absolute atomic E-state index is 5.65. The minimum atomic E-state index is -0.749. The normalized spacial score (nSPS) is 15.7. The van der Waals surface area contributed by atoms with Gasteiger partial charge in [0.05, 0.1) is 0 Å². The van der Waals surface area contributed by atoms with Crippen LogP contribution in [-0.4, -0.2) is 15.6 Å². The fraction of sp³-hybridized carbons (Fsp3) is 1.00.